The number of halogens is 3. The van der Waals surface area contributed by atoms with Gasteiger partial charge in [-0.1, -0.05) is 18.7 Å². The summed E-state index contributed by atoms with van der Waals surface area (Å²) < 4.78 is 38.1. The fraction of sp³-hybridized carbons (Fsp3) is 0.375. The van der Waals surface area contributed by atoms with Crippen LogP contribution in [0.2, 0.25) is 0 Å². The molecule has 0 bridgehead atoms. The molecule has 0 fully saturated rings. The molecule has 1 aromatic carbocycles. The molecule has 24 heavy (non-hydrogen) atoms. The first-order valence-electron chi connectivity index (χ1n) is 7.43. The van der Waals surface area contributed by atoms with Crippen LogP contribution in [0.5, 0.6) is 0 Å². The number of fused-ring (bicyclic) bond motifs is 1. The lowest BCUT2D eigenvalue weighted by Crippen LogP contribution is -2.47. The number of anilines is 2. The summed E-state index contributed by atoms with van der Waals surface area (Å²) in [6.45, 7) is 2.67. The van der Waals surface area contributed by atoms with Crippen LogP contribution in [0.4, 0.5) is 24.5 Å². The first-order valence-corrected chi connectivity index (χ1v) is 7.43. The zero-order chi connectivity index (χ0) is 17.7. The Morgan fingerprint density at radius 3 is 2.50 bits per heavy atom. The Labute approximate surface area is 137 Å². The van der Waals surface area contributed by atoms with E-state index in [-0.39, 0.29) is 37.9 Å². The number of benzene rings is 1. The third-order valence-electron chi connectivity index (χ3n) is 3.60. The van der Waals surface area contributed by atoms with E-state index in [0.29, 0.717) is 11.4 Å². The lowest BCUT2D eigenvalue weighted by molar-refractivity contribution is -0.119. The van der Waals surface area contributed by atoms with Crippen molar-refractivity contribution in [2.45, 2.75) is 12.6 Å². The van der Waals surface area contributed by atoms with Crippen LogP contribution in [0.25, 0.3) is 0 Å². The molecule has 0 atom stereocenters. The summed E-state index contributed by atoms with van der Waals surface area (Å²) in [6, 6.07) is 6.51. The van der Waals surface area contributed by atoms with E-state index in [0.717, 1.165) is 6.08 Å². The predicted molar refractivity (Wildman–Crippen MR) is 84.9 cm³/mol. The number of carbonyl (C=O) groups excluding carboxylic acids is 2. The van der Waals surface area contributed by atoms with E-state index in [1.165, 1.54) is 9.80 Å². The molecule has 0 spiro atoms. The Bertz CT molecular complexity index is 631. The molecule has 130 valence electrons. The molecular weight excluding hydrogens is 323 g/mol. The second-order valence-corrected chi connectivity index (χ2v) is 5.32. The van der Waals surface area contributed by atoms with E-state index < -0.39 is 12.7 Å². The molecule has 8 heteroatoms. The Balaban J connectivity index is 2.09. The summed E-state index contributed by atoms with van der Waals surface area (Å²) in [6.07, 6.45) is -3.14. The van der Waals surface area contributed by atoms with Gasteiger partial charge in [0.25, 0.3) is 0 Å². The van der Waals surface area contributed by atoms with Crippen LogP contribution >= 0.6 is 0 Å². The molecule has 2 amide bonds. The first-order chi connectivity index (χ1) is 11.3. The number of nitrogens with zero attached hydrogens (tertiary/aromatic N) is 2. The molecule has 1 aromatic rings. The van der Waals surface area contributed by atoms with Gasteiger partial charge in [-0.05, 0) is 18.2 Å². The second kappa shape index (κ2) is 7.37. The van der Waals surface area contributed by atoms with Crippen molar-refractivity contribution < 1.29 is 22.8 Å². The van der Waals surface area contributed by atoms with Gasteiger partial charge in [-0.3, -0.25) is 9.59 Å². The van der Waals surface area contributed by atoms with Gasteiger partial charge in [-0.15, -0.1) is 0 Å². The Morgan fingerprint density at radius 2 is 1.88 bits per heavy atom. The topological polar surface area (TPSA) is 52.7 Å². The Hall–Kier alpha value is -2.51. The SMILES string of the molecule is C=CC(=O)NCCC(=O)N1CCN(CC(F)(F)F)c2ccccc21. The molecule has 1 heterocycles. The Kier molecular flexibility index (Phi) is 5.48. The zero-order valence-corrected chi connectivity index (χ0v) is 13.0. The van der Waals surface area contributed by atoms with Gasteiger partial charge in [0.1, 0.15) is 6.54 Å². The number of rotatable bonds is 5. The van der Waals surface area contributed by atoms with Crippen molar-refractivity contribution in [1.82, 2.24) is 5.32 Å². The Morgan fingerprint density at radius 1 is 1.21 bits per heavy atom. The average molecular weight is 341 g/mol. The number of carbonyl (C=O) groups is 2. The average Bonchev–Trinajstić information content (AvgIpc) is 2.53. The molecule has 0 saturated carbocycles. The quantitative estimate of drug-likeness (QED) is 0.835. The van der Waals surface area contributed by atoms with E-state index in [2.05, 4.69) is 11.9 Å². The van der Waals surface area contributed by atoms with Crippen LogP contribution in [0.3, 0.4) is 0 Å². The number of amides is 2. The molecule has 1 aliphatic rings. The lowest BCUT2D eigenvalue weighted by atomic mass is 10.1. The molecule has 1 aliphatic heterocycles. The van der Waals surface area contributed by atoms with Gasteiger partial charge in [0.2, 0.25) is 11.8 Å². The molecule has 0 saturated heterocycles. The highest BCUT2D eigenvalue weighted by atomic mass is 19.4. The molecule has 1 N–H and O–H groups in total. The third kappa shape index (κ3) is 4.50. The standard InChI is InChI=1S/C16H18F3N3O2/c1-2-14(23)20-8-7-15(24)22-10-9-21(11-16(17,18)19)12-5-3-4-6-13(12)22/h2-6H,1,7-11H2,(H,20,23). The van der Waals surface area contributed by atoms with Crippen molar-refractivity contribution >= 4 is 23.2 Å². The van der Waals surface area contributed by atoms with Gasteiger partial charge in [0.05, 0.1) is 11.4 Å². The van der Waals surface area contributed by atoms with Gasteiger partial charge >= 0.3 is 6.18 Å². The monoisotopic (exact) mass is 341 g/mol. The van der Waals surface area contributed by atoms with E-state index in [1.54, 1.807) is 24.3 Å². The molecule has 0 radical (unpaired) electrons. The van der Waals surface area contributed by atoms with Gasteiger partial charge < -0.3 is 15.1 Å². The van der Waals surface area contributed by atoms with Gasteiger partial charge in [0.15, 0.2) is 0 Å². The number of hydrogen-bond acceptors (Lipinski definition) is 3. The number of alkyl halides is 3. The van der Waals surface area contributed by atoms with Gasteiger partial charge in [-0.2, -0.15) is 13.2 Å². The first kappa shape index (κ1) is 17.8. The highest BCUT2D eigenvalue weighted by molar-refractivity contribution is 5.98. The van der Waals surface area contributed by atoms with E-state index in [4.69, 9.17) is 0 Å². The summed E-state index contributed by atoms with van der Waals surface area (Å²) in [4.78, 5) is 26.1. The van der Waals surface area contributed by atoms with Crippen molar-refractivity contribution in [3.8, 4) is 0 Å². The predicted octanol–water partition coefficient (Wildman–Crippen LogP) is 2.09. The third-order valence-corrected chi connectivity index (χ3v) is 3.60. The molecule has 0 aromatic heterocycles. The van der Waals surface area contributed by atoms with Gasteiger partial charge in [0, 0.05) is 26.1 Å². The fourth-order valence-electron chi connectivity index (χ4n) is 2.56. The zero-order valence-electron chi connectivity index (χ0n) is 13.0. The highest BCUT2D eigenvalue weighted by Gasteiger charge is 2.35. The summed E-state index contributed by atoms with van der Waals surface area (Å²) in [7, 11) is 0. The molecule has 5 nitrogen and oxygen atoms in total. The van der Waals surface area contributed by atoms with Crippen LogP contribution in [-0.4, -0.2) is 44.2 Å². The van der Waals surface area contributed by atoms with Crippen molar-refractivity contribution in [1.29, 1.82) is 0 Å². The van der Waals surface area contributed by atoms with Crippen LogP contribution in [0, 0.1) is 0 Å². The maximum atomic E-state index is 12.7. The fourth-order valence-corrected chi connectivity index (χ4v) is 2.56. The minimum Gasteiger partial charge on any atom is -0.359 e. The summed E-state index contributed by atoms with van der Waals surface area (Å²) in [5.41, 5.74) is 0.831. The van der Waals surface area contributed by atoms with E-state index >= 15 is 0 Å². The van der Waals surface area contributed by atoms with Crippen molar-refractivity contribution in [2.75, 3.05) is 36.0 Å². The molecule has 0 aliphatic carbocycles. The van der Waals surface area contributed by atoms with E-state index in [1.807, 2.05) is 0 Å². The van der Waals surface area contributed by atoms with Crippen molar-refractivity contribution in [3.05, 3.63) is 36.9 Å². The lowest BCUT2D eigenvalue weighted by Gasteiger charge is -2.38. The summed E-state index contributed by atoms with van der Waals surface area (Å²) >= 11 is 0. The molecule has 2 rings (SSSR count). The minimum atomic E-state index is -4.31. The van der Waals surface area contributed by atoms with Crippen LogP contribution < -0.4 is 15.1 Å². The van der Waals surface area contributed by atoms with Crippen molar-refractivity contribution in [3.63, 3.8) is 0 Å². The summed E-state index contributed by atoms with van der Waals surface area (Å²) in [5, 5.41) is 2.50. The van der Waals surface area contributed by atoms with Crippen LogP contribution in [-0.2, 0) is 9.59 Å². The van der Waals surface area contributed by atoms with E-state index in [9.17, 15) is 22.8 Å². The molecular formula is C16H18F3N3O2. The minimum absolute atomic E-state index is 0.0627. The van der Waals surface area contributed by atoms with Crippen molar-refractivity contribution in [2.24, 2.45) is 0 Å². The number of para-hydroxylation sites is 2. The normalized spacial score (nSPS) is 14.1. The maximum Gasteiger partial charge on any atom is 0.405 e. The number of nitrogens with one attached hydrogen (secondary N) is 1. The summed E-state index contributed by atoms with van der Waals surface area (Å²) in [5.74, 6) is -0.628. The highest BCUT2D eigenvalue weighted by Crippen LogP contribution is 2.34. The largest absolute Gasteiger partial charge is 0.405 e. The molecule has 0 unspecified atom stereocenters. The second-order valence-electron chi connectivity index (χ2n) is 5.32. The van der Waals surface area contributed by atoms with Crippen LogP contribution in [0.1, 0.15) is 6.42 Å². The van der Waals surface area contributed by atoms with Crippen LogP contribution in [0.15, 0.2) is 36.9 Å². The van der Waals surface area contributed by atoms with Gasteiger partial charge in [-0.25, -0.2) is 0 Å². The number of hydrogen-bond donors (Lipinski definition) is 1. The smallest absolute Gasteiger partial charge is 0.359 e. The maximum absolute atomic E-state index is 12.7.